The van der Waals surface area contributed by atoms with Gasteiger partial charge < -0.3 is 0 Å². The maximum absolute atomic E-state index is 3.76. The maximum atomic E-state index is 3.76. The molecular formula is C22H15BrS3. The van der Waals surface area contributed by atoms with Gasteiger partial charge in [0.25, 0.3) is 0 Å². The quantitative estimate of drug-likeness (QED) is 0.249. The Labute approximate surface area is 172 Å². The Kier molecular flexibility index (Phi) is 4.05. The third-order valence-electron chi connectivity index (χ3n) is 4.74. The van der Waals surface area contributed by atoms with E-state index in [0.29, 0.717) is 0 Å². The molecule has 0 amide bonds. The van der Waals surface area contributed by atoms with Gasteiger partial charge in [0, 0.05) is 51.5 Å². The molecule has 0 spiro atoms. The molecule has 5 aromatic rings. The van der Waals surface area contributed by atoms with Gasteiger partial charge in [0.05, 0.1) is 3.79 Å². The molecule has 0 radical (unpaired) electrons. The van der Waals surface area contributed by atoms with E-state index in [-0.39, 0.29) is 0 Å². The lowest BCUT2D eigenvalue weighted by molar-refractivity contribution is 1.61. The van der Waals surface area contributed by atoms with Gasteiger partial charge in [-0.1, -0.05) is 36.4 Å². The molecule has 0 bridgehead atoms. The van der Waals surface area contributed by atoms with Crippen molar-refractivity contribution < 1.29 is 0 Å². The fourth-order valence-corrected chi connectivity index (χ4v) is 7.62. The standard InChI is InChI=1S/C22H15BrS3/c1-12-20(14-7-3-5-9-17(14)24-12)16-11-19(23)26-22(16)21-13(2)25-18-10-6-4-8-15(18)21/h3-11H,1-2H3. The van der Waals surface area contributed by atoms with Crippen LogP contribution < -0.4 is 0 Å². The Morgan fingerprint density at radius 1 is 0.692 bits per heavy atom. The van der Waals surface area contributed by atoms with Crippen LogP contribution in [0.4, 0.5) is 0 Å². The van der Waals surface area contributed by atoms with Crippen LogP contribution in [0, 0.1) is 13.8 Å². The minimum absolute atomic E-state index is 1.19. The molecule has 4 heteroatoms. The first-order chi connectivity index (χ1) is 12.6. The molecule has 0 nitrogen and oxygen atoms in total. The molecule has 2 aromatic carbocycles. The average molecular weight is 455 g/mol. The molecule has 0 aliphatic rings. The Hall–Kier alpha value is -1.46. The molecule has 3 heterocycles. The second-order valence-corrected chi connectivity index (χ2v) is 11.3. The number of aryl methyl sites for hydroxylation is 2. The van der Waals surface area contributed by atoms with Gasteiger partial charge in [0.1, 0.15) is 0 Å². The Bertz CT molecular complexity index is 1170. The van der Waals surface area contributed by atoms with Gasteiger partial charge in [-0.2, -0.15) is 0 Å². The highest BCUT2D eigenvalue weighted by Gasteiger charge is 2.21. The highest BCUT2D eigenvalue weighted by molar-refractivity contribution is 9.11. The van der Waals surface area contributed by atoms with Gasteiger partial charge in [0.2, 0.25) is 0 Å². The van der Waals surface area contributed by atoms with Crippen molar-refractivity contribution in [1.82, 2.24) is 0 Å². The minimum Gasteiger partial charge on any atom is -0.140 e. The summed E-state index contributed by atoms with van der Waals surface area (Å²) in [6, 6.07) is 19.8. The summed E-state index contributed by atoms with van der Waals surface area (Å²) in [6.45, 7) is 4.49. The largest absolute Gasteiger partial charge is 0.140 e. The number of fused-ring (bicyclic) bond motifs is 2. The van der Waals surface area contributed by atoms with Crippen molar-refractivity contribution in [3.8, 4) is 21.6 Å². The van der Waals surface area contributed by atoms with Crippen LogP contribution >= 0.6 is 49.9 Å². The van der Waals surface area contributed by atoms with E-state index in [4.69, 9.17) is 0 Å². The van der Waals surface area contributed by atoms with Crippen molar-refractivity contribution in [2.45, 2.75) is 13.8 Å². The van der Waals surface area contributed by atoms with E-state index in [9.17, 15) is 0 Å². The summed E-state index contributed by atoms with van der Waals surface area (Å²) in [5.74, 6) is 0. The summed E-state index contributed by atoms with van der Waals surface area (Å²) < 4.78 is 3.91. The highest BCUT2D eigenvalue weighted by atomic mass is 79.9. The maximum Gasteiger partial charge on any atom is 0.0711 e. The first kappa shape index (κ1) is 16.7. The molecule has 0 N–H and O–H groups in total. The Morgan fingerprint density at radius 3 is 1.88 bits per heavy atom. The van der Waals surface area contributed by atoms with E-state index in [2.05, 4.69) is 84.4 Å². The fraction of sp³-hybridized carbons (Fsp3) is 0.0909. The predicted molar refractivity (Wildman–Crippen MR) is 123 cm³/mol. The number of benzene rings is 2. The predicted octanol–water partition coefficient (Wildman–Crippen LogP) is 8.89. The smallest absolute Gasteiger partial charge is 0.0711 e. The van der Waals surface area contributed by atoms with Crippen LogP contribution in [0.3, 0.4) is 0 Å². The molecule has 0 saturated carbocycles. The van der Waals surface area contributed by atoms with E-state index in [1.807, 2.05) is 34.0 Å². The van der Waals surface area contributed by atoms with Crippen molar-refractivity contribution in [1.29, 1.82) is 0 Å². The van der Waals surface area contributed by atoms with Gasteiger partial charge in [-0.05, 0) is 48.0 Å². The zero-order valence-electron chi connectivity index (χ0n) is 14.3. The SMILES string of the molecule is Cc1sc2ccccc2c1-c1cc(Br)sc1-c1c(C)sc2ccccc12. The Morgan fingerprint density at radius 2 is 1.23 bits per heavy atom. The second kappa shape index (κ2) is 6.31. The van der Waals surface area contributed by atoms with Crippen LogP contribution in [0.1, 0.15) is 9.75 Å². The van der Waals surface area contributed by atoms with Crippen molar-refractivity contribution in [3.63, 3.8) is 0 Å². The number of hydrogen-bond donors (Lipinski definition) is 0. The van der Waals surface area contributed by atoms with Crippen molar-refractivity contribution in [2.24, 2.45) is 0 Å². The summed E-state index contributed by atoms with van der Waals surface area (Å²) in [7, 11) is 0. The number of halogens is 1. The van der Waals surface area contributed by atoms with E-state index in [1.54, 1.807) is 0 Å². The summed E-state index contributed by atoms with van der Waals surface area (Å²) in [4.78, 5) is 4.15. The first-order valence-electron chi connectivity index (χ1n) is 8.40. The second-order valence-electron chi connectivity index (χ2n) is 6.35. The average Bonchev–Trinajstić information content (AvgIpc) is 3.25. The molecule has 5 rings (SSSR count). The monoisotopic (exact) mass is 454 g/mol. The summed E-state index contributed by atoms with van der Waals surface area (Å²) in [5.41, 5.74) is 4.13. The molecule has 0 unspecified atom stereocenters. The highest BCUT2D eigenvalue weighted by Crippen LogP contribution is 2.50. The van der Waals surface area contributed by atoms with Crippen molar-refractivity contribution >= 4 is 70.1 Å². The van der Waals surface area contributed by atoms with Gasteiger partial charge in [-0.25, -0.2) is 0 Å². The lowest BCUT2D eigenvalue weighted by atomic mass is 9.99. The molecule has 0 aliphatic carbocycles. The third kappa shape index (κ3) is 2.51. The molecular weight excluding hydrogens is 440 g/mol. The van der Waals surface area contributed by atoms with Crippen LogP contribution in [-0.4, -0.2) is 0 Å². The van der Waals surface area contributed by atoms with E-state index < -0.39 is 0 Å². The normalized spacial score (nSPS) is 11.7. The molecule has 0 fully saturated rings. The van der Waals surface area contributed by atoms with E-state index in [1.165, 1.54) is 55.3 Å². The number of hydrogen-bond acceptors (Lipinski definition) is 3. The van der Waals surface area contributed by atoms with Crippen LogP contribution in [0.15, 0.2) is 58.4 Å². The van der Waals surface area contributed by atoms with Gasteiger partial charge in [0.15, 0.2) is 0 Å². The summed E-state index contributed by atoms with van der Waals surface area (Å²) in [5, 5.41) is 2.72. The summed E-state index contributed by atoms with van der Waals surface area (Å²) >= 11 is 9.38. The Balaban J connectivity index is 1.86. The minimum atomic E-state index is 1.19. The number of rotatable bonds is 2. The van der Waals surface area contributed by atoms with Crippen LogP contribution in [0.2, 0.25) is 0 Å². The van der Waals surface area contributed by atoms with Gasteiger partial charge in [-0.3, -0.25) is 0 Å². The zero-order valence-corrected chi connectivity index (χ0v) is 18.3. The lowest BCUT2D eigenvalue weighted by Crippen LogP contribution is -1.81. The molecule has 0 atom stereocenters. The van der Waals surface area contributed by atoms with Crippen molar-refractivity contribution in [2.75, 3.05) is 0 Å². The lowest BCUT2D eigenvalue weighted by Gasteiger charge is -2.06. The van der Waals surface area contributed by atoms with Gasteiger partial charge in [-0.15, -0.1) is 34.0 Å². The zero-order chi connectivity index (χ0) is 17.8. The van der Waals surface area contributed by atoms with Crippen LogP contribution in [0.25, 0.3) is 41.7 Å². The topological polar surface area (TPSA) is 0 Å². The molecule has 128 valence electrons. The van der Waals surface area contributed by atoms with E-state index in [0.717, 1.165) is 0 Å². The van der Waals surface area contributed by atoms with Gasteiger partial charge >= 0.3 is 0 Å². The fourth-order valence-electron chi connectivity index (χ4n) is 3.68. The van der Waals surface area contributed by atoms with Crippen molar-refractivity contribution in [3.05, 3.63) is 68.1 Å². The van der Waals surface area contributed by atoms with Crippen LogP contribution in [-0.2, 0) is 0 Å². The van der Waals surface area contributed by atoms with Crippen LogP contribution in [0.5, 0.6) is 0 Å². The molecule has 0 aliphatic heterocycles. The number of thiophene rings is 3. The molecule has 3 aromatic heterocycles. The first-order valence-corrected chi connectivity index (χ1v) is 11.6. The third-order valence-corrected chi connectivity index (χ3v) is 8.57. The van der Waals surface area contributed by atoms with E-state index >= 15 is 0 Å². The molecule has 26 heavy (non-hydrogen) atoms. The molecule has 0 saturated heterocycles. The summed E-state index contributed by atoms with van der Waals surface area (Å²) in [6.07, 6.45) is 0.